The van der Waals surface area contributed by atoms with Gasteiger partial charge in [0.1, 0.15) is 0 Å². The van der Waals surface area contributed by atoms with Crippen LogP contribution in [0, 0.1) is 0 Å². The number of esters is 1. The van der Waals surface area contributed by atoms with E-state index in [9.17, 15) is 4.79 Å². The molecule has 0 bridgehead atoms. The Labute approximate surface area is 116 Å². The zero-order chi connectivity index (χ0) is 13.5. The molecule has 18 heavy (non-hydrogen) atoms. The topological polar surface area (TPSA) is 38.3 Å². The van der Waals surface area contributed by atoms with E-state index in [2.05, 4.69) is 27.8 Å². The molecular formula is C14H18BrNO2. The van der Waals surface area contributed by atoms with Crippen molar-refractivity contribution in [3.8, 4) is 0 Å². The van der Waals surface area contributed by atoms with Gasteiger partial charge in [-0.2, -0.15) is 0 Å². The molecule has 0 fully saturated rings. The van der Waals surface area contributed by atoms with Gasteiger partial charge in [-0.1, -0.05) is 34.6 Å². The summed E-state index contributed by atoms with van der Waals surface area (Å²) in [6, 6.07) is 8.19. The lowest BCUT2D eigenvalue weighted by molar-refractivity contribution is -0.138. The van der Waals surface area contributed by atoms with Gasteiger partial charge in [0.25, 0.3) is 0 Å². The molecular weight excluding hydrogens is 294 g/mol. The van der Waals surface area contributed by atoms with Crippen molar-refractivity contribution in [1.29, 1.82) is 0 Å². The van der Waals surface area contributed by atoms with Gasteiger partial charge >= 0.3 is 5.97 Å². The highest BCUT2D eigenvalue weighted by atomic mass is 79.9. The van der Waals surface area contributed by atoms with Crippen molar-refractivity contribution >= 4 is 21.9 Å². The first kappa shape index (κ1) is 14.9. The Bertz CT molecular complexity index is 432. The maximum atomic E-state index is 11.4. The Morgan fingerprint density at radius 1 is 1.56 bits per heavy atom. The largest absolute Gasteiger partial charge is 0.463 e. The van der Waals surface area contributed by atoms with Crippen molar-refractivity contribution in [1.82, 2.24) is 5.32 Å². The van der Waals surface area contributed by atoms with Gasteiger partial charge in [-0.3, -0.25) is 0 Å². The fourth-order valence-electron chi connectivity index (χ4n) is 1.48. The maximum absolute atomic E-state index is 11.4. The predicted octanol–water partition coefficient (Wildman–Crippen LogP) is 3.22. The molecule has 0 aromatic heterocycles. The number of rotatable bonds is 6. The van der Waals surface area contributed by atoms with Crippen molar-refractivity contribution in [2.45, 2.75) is 19.9 Å². The number of carbonyl (C=O) groups is 1. The van der Waals surface area contributed by atoms with Gasteiger partial charge in [0.2, 0.25) is 0 Å². The van der Waals surface area contributed by atoms with Gasteiger partial charge in [0, 0.05) is 22.6 Å². The second-order valence-electron chi connectivity index (χ2n) is 3.98. The van der Waals surface area contributed by atoms with Crippen molar-refractivity contribution in [3.05, 3.63) is 46.5 Å². The molecule has 0 saturated carbocycles. The van der Waals surface area contributed by atoms with Crippen LogP contribution < -0.4 is 5.32 Å². The third kappa shape index (κ3) is 4.63. The SMILES string of the molecule is C=C(CN[C@H](C)c1cccc(Br)c1)C(=O)OCC. The van der Waals surface area contributed by atoms with Gasteiger partial charge in [0.05, 0.1) is 6.61 Å². The lowest BCUT2D eigenvalue weighted by Gasteiger charge is -2.15. The molecule has 0 aliphatic carbocycles. The van der Waals surface area contributed by atoms with Crippen LogP contribution in [0.4, 0.5) is 0 Å². The molecule has 0 unspecified atom stereocenters. The molecule has 0 radical (unpaired) electrons. The van der Waals surface area contributed by atoms with Crippen LogP contribution in [-0.4, -0.2) is 19.1 Å². The summed E-state index contributed by atoms with van der Waals surface area (Å²) in [6.07, 6.45) is 0. The fourth-order valence-corrected chi connectivity index (χ4v) is 1.89. The highest BCUT2D eigenvalue weighted by Gasteiger charge is 2.10. The fraction of sp³-hybridized carbons (Fsp3) is 0.357. The van der Waals surface area contributed by atoms with Gasteiger partial charge in [-0.15, -0.1) is 0 Å². The Morgan fingerprint density at radius 3 is 2.89 bits per heavy atom. The monoisotopic (exact) mass is 311 g/mol. The van der Waals surface area contributed by atoms with Crippen LogP contribution >= 0.6 is 15.9 Å². The average molecular weight is 312 g/mol. The summed E-state index contributed by atoms with van der Waals surface area (Å²) in [5.41, 5.74) is 1.60. The number of ether oxygens (including phenoxy) is 1. The first-order chi connectivity index (χ1) is 8.54. The summed E-state index contributed by atoms with van der Waals surface area (Å²) in [6.45, 7) is 8.33. The number of carbonyl (C=O) groups excluding carboxylic acids is 1. The predicted molar refractivity (Wildman–Crippen MR) is 76.3 cm³/mol. The van der Waals surface area contributed by atoms with Crippen LogP contribution in [0.25, 0.3) is 0 Å². The summed E-state index contributed by atoms with van der Waals surface area (Å²) in [5.74, 6) is -0.341. The third-order valence-corrected chi connectivity index (χ3v) is 3.03. The van der Waals surface area contributed by atoms with Crippen LogP contribution in [0.5, 0.6) is 0 Å². The standard InChI is InChI=1S/C14H18BrNO2/c1-4-18-14(17)10(2)9-16-11(3)12-6-5-7-13(15)8-12/h5-8,11,16H,2,4,9H2,1,3H3/t11-/m1/s1. The molecule has 0 amide bonds. The lowest BCUT2D eigenvalue weighted by Crippen LogP contribution is -2.24. The highest BCUT2D eigenvalue weighted by molar-refractivity contribution is 9.10. The van der Waals surface area contributed by atoms with E-state index in [0.717, 1.165) is 10.0 Å². The number of nitrogens with one attached hydrogen (secondary N) is 1. The molecule has 1 N–H and O–H groups in total. The highest BCUT2D eigenvalue weighted by Crippen LogP contribution is 2.17. The van der Waals surface area contributed by atoms with E-state index < -0.39 is 0 Å². The number of halogens is 1. The molecule has 0 heterocycles. The van der Waals surface area contributed by atoms with Gasteiger partial charge < -0.3 is 10.1 Å². The van der Waals surface area contributed by atoms with E-state index in [1.807, 2.05) is 31.2 Å². The first-order valence-electron chi connectivity index (χ1n) is 5.88. The molecule has 1 aromatic rings. The maximum Gasteiger partial charge on any atom is 0.334 e. The van der Waals surface area contributed by atoms with Crippen LogP contribution in [0.2, 0.25) is 0 Å². The summed E-state index contributed by atoms with van der Waals surface area (Å²) in [4.78, 5) is 11.4. The molecule has 0 spiro atoms. The van der Waals surface area contributed by atoms with Gasteiger partial charge in [-0.25, -0.2) is 4.79 Å². The van der Waals surface area contributed by atoms with E-state index in [1.54, 1.807) is 6.92 Å². The Hall–Kier alpha value is -1.13. The Kier molecular flexibility index (Phi) is 6.09. The molecule has 1 atom stereocenters. The molecule has 0 aliphatic heterocycles. The zero-order valence-electron chi connectivity index (χ0n) is 10.7. The molecule has 3 nitrogen and oxygen atoms in total. The minimum absolute atomic E-state index is 0.147. The third-order valence-electron chi connectivity index (χ3n) is 2.53. The summed E-state index contributed by atoms with van der Waals surface area (Å²) < 4.78 is 5.91. The Balaban J connectivity index is 2.48. The minimum Gasteiger partial charge on any atom is -0.463 e. The van der Waals surface area contributed by atoms with Gasteiger partial charge in [-0.05, 0) is 31.5 Å². The number of hydrogen-bond acceptors (Lipinski definition) is 3. The lowest BCUT2D eigenvalue weighted by atomic mass is 10.1. The second-order valence-corrected chi connectivity index (χ2v) is 4.90. The van der Waals surface area contributed by atoms with E-state index >= 15 is 0 Å². The summed E-state index contributed by atoms with van der Waals surface area (Å²) in [7, 11) is 0. The average Bonchev–Trinajstić information content (AvgIpc) is 2.35. The van der Waals surface area contributed by atoms with Crippen molar-refractivity contribution in [3.63, 3.8) is 0 Å². The number of hydrogen-bond donors (Lipinski definition) is 1. The summed E-state index contributed by atoms with van der Waals surface area (Å²) >= 11 is 3.43. The van der Waals surface area contributed by atoms with E-state index in [4.69, 9.17) is 4.74 Å². The molecule has 4 heteroatoms. The van der Waals surface area contributed by atoms with Crippen LogP contribution in [0.3, 0.4) is 0 Å². The van der Waals surface area contributed by atoms with Crippen LogP contribution in [-0.2, 0) is 9.53 Å². The van der Waals surface area contributed by atoms with Crippen LogP contribution in [0.1, 0.15) is 25.5 Å². The van der Waals surface area contributed by atoms with Crippen molar-refractivity contribution in [2.75, 3.05) is 13.2 Å². The molecule has 1 rings (SSSR count). The first-order valence-corrected chi connectivity index (χ1v) is 6.67. The van der Waals surface area contributed by atoms with E-state index in [1.165, 1.54) is 0 Å². The Morgan fingerprint density at radius 2 is 2.28 bits per heavy atom. The minimum atomic E-state index is -0.341. The van der Waals surface area contributed by atoms with Crippen molar-refractivity contribution < 1.29 is 9.53 Å². The molecule has 0 aliphatic rings. The molecule has 1 aromatic carbocycles. The smallest absolute Gasteiger partial charge is 0.334 e. The number of benzene rings is 1. The normalized spacial score (nSPS) is 11.9. The second kappa shape index (κ2) is 7.34. The molecule has 98 valence electrons. The van der Waals surface area contributed by atoms with E-state index in [0.29, 0.717) is 18.7 Å². The van der Waals surface area contributed by atoms with Crippen LogP contribution in [0.15, 0.2) is 40.9 Å². The zero-order valence-corrected chi connectivity index (χ0v) is 12.3. The van der Waals surface area contributed by atoms with Crippen molar-refractivity contribution in [2.24, 2.45) is 0 Å². The quantitative estimate of drug-likeness (QED) is 0.647. The van der Waals surface area contributed by atoms with Gasteiger partial charge in [0.15, 0.2) is 0 Å². The van der Waals surface area contributed by atoms with E-state index in [-0.39, 0.29) is 12.0 Å². The molecule has 0 saturated heterocycles. The summed E-state index contributed by atoms with van der Waals surface area (Å²) in [5, 5.41) is 3.24.